The summed E-state index contributed by atoms with van der Waals surface area (Å²) >= 11 is 0. The molecule has 0 N–H and O–H groups in total. The van der Waals surface area contributed by atoms with E-state index < -0.39 is 0 Å². The van der Waals surface area contributed by atoms with Gasteiger partial charge < -0.3 is 9.64 Å². The summed E-state index contributed by atoms with van der Waals surface area (Å²) in [5.41, 5.74) is 1.22. The number of nitrogens with zero attached hydrogens (tertiary/aromatic N) is 1. The normalized spacial score (nSPS) is 39.6. The standard InChI is InChI=1S/C21H27NO2/c1-24-20-5-3-2-4-17(20)18-11-19(18)21(23)22-12-15-7-13-6-14(8-15)10-16(22)9-13/h2-5,13-16,18-19H,6-12H2,1H3/t13-,14+,15?,16?,18-,19-/m1/s1. The van der Waals surface area contributed by atoms with Crippen LogP contribution in [0.5, 0.6) is 5.75 Å². The van der Waals surface area contributed by atoms with Crippen molar-refractivity contribution in [3.05, 3.63) is 29.8 Å². The monoisotopic (exact) mass is 325 g/mol. The summed E-state index contributed by atoms with van der Waals surface area (Å²) in [7, 11) is 1.72. The van der Waals surface area contributed by atoms with Crippen LogP contribution in [0.25, 0.3) is 0 Å². The van der Waals surface area contributed by atoms with Crippen LogP contribution in [0.2, 0.25) is 0 Å². The van der Waals surface area contributed by atoms with E-state index in [1.54, 1.807) is 7.11 Å². The van der Waals surface area contributed by atoms with Gasteiger partial charge in [-0.15, -0.1) is 0 Å². The lowest BCUT2D eigenvalue weighted by molar-refractivity contribution is -0.135. The van der Waals surface area contributed by atoms with E-state index in [1.807, 2.05) is 12.1 Å². The predicted octanol–water partition coefficient (Wildman–Crippen LogP) is 3.84. The third kappa shape index (κ3) is 2.35. The molecule has 128 valence electrons. The number of rotatable bonds is 3. The van der Waals surface area contributed by atoms with Crippen LogP contribution in [-0.2, 0) is 4.79 Å². The highest BCUT2D eigenvalue weighted by Crippen LogP contribution is 2.53. The molecule has 1 aromatic rings. The highest BCUT2D eigenvalue weighted by molar-refractivity contribution is 5.83. The minimum absolute atomic E-state index is 0.192. The Morgan fingerprint density at radius 3 is 2.46 bits per heavy atom. The number of hydrogen-bond acceptors (Lipinski definition) is 2. The maximum atomic E-state index is 13.2. The number of amides is 1. The topological polar surface area (TPSA) is 29.5 Å². The van der Waals surface area contributed by atoms with Crippen LogP contribution in [0.1, 0.15) is 50.0 Å². The molecule has 2 unspecified atom stereocenters. The summed E-state index contributed by atoms with van der Waals surface area (Å²) in [4.78, 5) is 15.6. The highest BCUT2D eigenvalue weighted by atomic mass is 16.5. The Hall–Kier alpha value is -1.51. The van der Waals surface area contributed by atoms with Crippen molar-refractivity contribution in [3.8, 4) is 5.75 Å². The maximum absolute atomic E-state index is 13.2. The van der Waals surface area contributed by atoms with Gasteiger partial charge in [0.05, 0.1) is 7.11 Å². The molecule has 5 aliphatic rings. The molecule has 3 saturated carbocycles. The van der Waals surface area contributed by atoms with E-state index in [1.165, 1.54) is 37.7 Å². The van der Waals surface area contributed by atoms with Gasteiger partial charge in [0.2, 0.25) is 5.91 Å². The van der Waals surface area contributed by atoms with Crippen molar-refractivity contribution >= 4 is 5.91 Å². The second-order valence-electron chi connectivity index (χ2n) is 8.61. The zero-order valence-corrected chi connectivity index (χ0v) is 14.5. The predicted molar refractivity (Wildman–Crippen MR) is 92.9 cm³/mol. The van der Waals surface area contributed by atoms with Crippen LogP contribution in [-0.4, -0.2) is 30.5 Å². The molecule has 2 heterocycles. The first-order valence-corrected chi connectivity index (χ1v) is 9.66. The Bertz CT molecular complexity index is 643. The second-order valence-corrected chi connectivity index (χ2v) is 8.61. The maximum Gasteiger partial charge on any atom is 0.226 e. The van der Waals surface area contributed by atoms with E-state index in [9.17, 15) is 4.79 Å². The van der Waals surface area contributed by atoms with Gasteiger partial charge in [0.15, 0.2) is 0 Å². The minimum Gasteiger partial charge on any atom is -0.496 e. The average Bonchev–Trinajstić information content (AvgIpc) is 3.40. The first-order chi connectivity index (χ1) is 11.7. The summed E-state index contributed by atoms with van der Waals surface area (Å²) in [6, 6.07) is 8.75. The quantitative estimate of drug-likeness (QED) is 0.845. The van der Waals surface area contributed by atoms with Crippen molar-refractivity contribution in [2.24, 2.45) is 23.7 Å². The molecule has 1 aromatic carbocycles. The molecule has 6 atom stereocenters. The summed E-state index contributed by atoms with van der Waals surface area (Å²) in [6.07, 6.45) is 7.71. The molecule has 0 aromatic heterocycles. The Kier molecular flexibility index (Phi) is 3.39. The molecule has 6 rings (SSSR count). The Morgan fingerprint density at radius 1 is 1.00 bits per heavy atom. The van der Waals surface area contributed by atoms with Crippen LogP contribution in [0.15, 0.2) is 24.3 Å². The van der Waals surface area contributed by atoms with E-state index in [0.717, 1.165) is 36.5 Å². The van der Waals surface area contributed by atoms with Crippen LogP contribution >= 0.6 is 0 Å². The smallest absolute Gasteiger partial charge is 0.226 e. The van der Waals surface area contributed by atoms with Gasteiger partial charge in [-0.1, -0.05) is 18.2 Å². The van der Waals surface area contributed by atoms with Crippen molar-refractivity contribution in [1.82, 2.24) is 4.90 Å². The minimum atomic E-state index is 0.192. The molecule has 2 saturated heterocycles. The number of methoxy groups -OCH3 is 1. The van der Waals surface area contributed by atoms with Crippen LogP contribution in [0, 0.1) is 23.7 Å². The fraction of sp³-hybridized carbons (Fsp3) is 0.667. The number of hydrogen-bond donors (Lipinski definition) is 0. The van der Waals surface area contributed by atoms with Crippen LogP contribution < -0.4 is 4.74 Å². The fourth-order valence-corrected chi connectivity index (χ4v) is 6.05. The Labute approximate surface area is 144 Å². The summed E-state index contributed by atoms with van der Waals surface area (Å²) in [5.74, 6) is 4.50. The molecular formula is C21H27NO2. The van der Waals surface area contributed by atoms with E-state index in [-0.39, 0.29) is 5.92 Å². The molecular weight excluding hydrogens is 298 g/mol. The fourth-order valence-electron chi connectivity index (χ4n) is 6.05. The lowest BCUT2D eigenvalue weighted by atomic mass is 9.68. The third-order valence-corrected chi connectivity index (χ3v) is 7.04. The zero-order valence-electron chi connectivity index (χ0n) is 14.5. The van der Waals surface area contributed by atoms with Crippen LogP contribution in [0.4, 0.5) is 0 Å². The molecule has 5 fully saturated rings. The Morgan fingerprint density at radius 2 is 1.71 bits per heavy atom. The average molecular weight is 325 g/mol. The van der Waals surface area contributed by atoms with Gasteiger partial charge in [0.1, 0.15) is 5.75 Å². The van der Waals surface area contributed by atoms with E-state index in [0.29, 0.717) is 17.9 Å². The SMILES string of the molecule is COc1ccccc1[C@H]1C[C@H]1C(=O)N1CC2C[C@@H]3CC1C[C@H](C2)C3. The van der Waals surface area contributed by atoms with Gasteiger partial charge in [-0.25, -0.2) is 0 Å². The van der Waals surface area contributed by atoms with Gasteiger partial charge in [0.25, 0.3) is 0 Å². The first-order valence-electron chi connectivity index (χ1n) is 9.66. The molecule has 24 heavy (non-hydrogen) atoms. The molecule has 3 nitrogen and oxygen atoms in total. The third-order valence-electron chi connectivity index (χ3n) is 7.04. The van der Waals surface area contributed by atoms with Gasteiger partial charge in [-0.05, 0) is 73.8 Å². The summed E-state index contributed by atoms with van der Waals surface area (Å²) in [5, 5.41) is 0. The molecule has 3 heteroatoms. The summed E-state index contributed by atoms with van der Waals surface area (Å²) in [6.45, 7) is 1.03. The van der Waals surface area contributed by atoms with Gasteiger partial charge in [-0.2, -0.15) is 0 Å². The van der Waals surface area contributed by atoms with Gasteiger partial charge in [0, 0.05) is 18.5 Å². The molecule has 0 radical (unpaired) electrons. The van der Waals surface area contributed by atoms with Crippen molar-refractivity contribution in [3.63, 3.8) is 0 Å². The zero-order chi connectivity index (χ0) is 16.3. The van der Waals surface area contributed by atoms with E-state index >= 15 is 0 Å². The van der Waals surface area contributed by atoms with Crippen LogP contribution in [0.3, 0.4) is 0 Å². The number of para-hydroxylation sites is 1. The number of ether oxygens (including phenoxy) is 1. The van der Waals surface area contributed by atoms with Crippen molar-refractivity contribution < 1.29 is 9.53 Å². The van der Waals surface area contributed by atoms with Crippen molar-refractivity contribution in [1.29, 1.82) is 0 Å². The lowest BCUT2D eigenvalue weighted by Crippen LogP contribution is -2.43. The largest absolute Gasteiger partial charge is 0.496 e. The van der Waals surface area contributed by atoms with Gasteiger partial charge >= 0.3 is 0 Å². The first kappa shape index (κ1) is 14.8. The highest BCUT2D eigenvalue weighted by Gasteiger charge is 2.51. The van der Waals surface area contributed by atoms with Crippen molar-refractivity contribution in [2.75, 3.05) is 13.7 Å². The second kappa shape index (κ2) is 5.50. The number of benzene rings is 1. The number of carbonyl (C=O) groups excluding carboxylic acids is 1. The Balaban J connectivity index is 1.34. The van der Waals surface area contributed by atoms with Gasteiger partial charge in [-0.3, -0.25) is 4.79 Å². The molecule has 0 spiro atoms. The van der Waals surface area contributed by atoms with E-state index in [2.05, 4.69) is 17.0 Å². The number of carbonyl (C=O) groups is 1. The molecule has 3 aliphatic carbocycles. The molecule has 1 amide bonds. The van der Waals surface area contributed by atoms with E-state index in [4.69, 9.17) is 4.74 Å². The van der Waals surface area contributed by atoms with Crippen molar-refractivity contribution in [2.45, 2.75) is 50.5 Å². The summed E-state index contributed by atoms with van der Waals surface area (Å²) < 4.78 is 5.50. The number of fused-ring (bicyclic) bond motifs is 1. The molecule has 4 bridgehead atoms. The lowest BCUT2D eigenvalue weighted by Gasteiger charge is -2.39. The molecule has 2 aliphatic heterocycles.